The van der Waals surface area contributed by atoms with E-state index in [1.807, 2.05) is 0 Å². The first-order chi connectivity index (χ1) is 5.52. The molecule has 4 heteroatoms. The molecule has 0 bridgehead atoms. The first-order valence-electron chi connectivity index (χ1n) is 3.43. The zero-order chi connectivity index (χ0) is 9.30. The zero-order valence-corrected chi connectivity index (χ0v) is 8.38. The molecule has 0 atom stereocenters. The third-order valence-corrected chi connectivity index (χ3v) is 2.10. The summed E-state index contributed by atoms with van der Waals surface area (Å²) in [6.45, 7) is 3.46. The Morgan fingerprint density at radius 3 is 2.08 bits per heavy atom. The van der Waals surface area contributed by atoms with Crippen LogP contribution in [0, 0.1) is 24.0 Å². The van der Waals surface area contributed by atoms with E-state index in [4.69, 9.17) is 0 Å². The maximum absolute atomic E-state index is 10.5. The second kappa shape index (κ2) is 3.23. The maximum Gasteiger partial charge on any atom is 0.275 e. The van der Waals surface area contributed by atoms with Gasteiger partial charge in [-0.15, -0.1) is 0 Å². The van der Waals surface area contributed by atoms with Crippen LogP contribution in [0.1, 0.15) is 11.1 Å². The summed E-state index contributed by atoms with van der Waals surface area (Å²) in [6.07, 6.45) is 0. The summed E-state index contributed by atoms with van der Waals surface area (Å²) in [7, 11) is 0. The van der Waals surface area contributed by atoms with E-state index in [1.54, 1.807) is 26.0 Å². The maximum atomic E-state index is 10.5. The van der Waals surface area contributed by atoms with Crippen molar-refractivity contribution in [1.29, 1.82) is 0 Å². The molecule has 0 spiro atoms. The Morgan fingerprint density at radius 2 is 1.75 bits per heavy atom. The van der Waals surface area contributed by atoms with Crippen molar-refractivity contribution in [3.05, 3.63) is 37.8 Å². The number of rotatable bonds is 1. The van der Waals surface area contributed by atoms with Crippen LogP contribution >= 0.6 is 15.9 Å². The number of nitrogens with zero attached hydrogens (tertiary/aromatic N) is 1. The number of nitro groups is 1. The molecule has 0 aliphatic heterocycles. The van der Waals surface area contributed by atoms with Gasteiger partial charge >= 0.3 is 0 Å². The average molecular weight is 230 g/mol. The quantitative estimate of drug-likeness (QED) is 0.549. The van der Waals surface area contributed by atoms with Crippen LogP contribution in [-0.4, -0.2) is 4.92 Å². The van der Waals surface area contributed by atoms with Crippen molar-refractivity contribution in [2.24, 2.45) is 0 Å². The van der Waals surface area contributed by atoms with Crippen LogP contribution in [0.5, 0.6) is 0 Å². The summed E-state index contributed by atoms with van der Waals surface area (Å²) in [5.41, 5.74) is 1.58. The Labute approximate surface area is 78.7 Å². The Kier molecular flexibility index (Phi) is 2.47. The summed E-state index contributed by atoms with van der Waals surface area (Å²) in [5.74, 6) is 0. The normalized spacial score (nSPS) is 9.92. The number of aryl methyl sites for hydroxylation is 2. The van der Waals surface area contributed by atoms with Gasteiger partial charge in [-0.3, -0.25) is 10.1 Å². The second-order valence-corrected chi connectivity index (χ2v) is 3.56. The fourth-order valence-corrected chi connectivity index (χ4v) is 1.88. The highest BCUT2D eigenvalue weighted by molar-refractivity contribution is 9.10. The van der Waals surface area contributed by atoms with Crippen molar-refractivity contribution in [2.75, 3.05) is 0 Å². The van der Waals surface area contributed by atoms with E-state index >= 15 is 0 Å². The summed E-state index contributed by atoms with van der Waals surface area (Å²) in [6, 6.07) is 3.48. The Hall–Kier alpha value is -0.900. The molecular weight excluding hydrogens is 222 g/mol. The van der Waals surface area contributed by atoms with Gasteiger partial charge in [0.2, 0.25) is 0 Å². The minimum Gasteiger partial charge on any atom is -0.258 e. The van der Waals surface area contributed by atoms with Gasteiger partial charge in [-0.25, -0.2) is 0 Å². The Morgan fingerprint density at radius 1 is 1.33 bits per heavy atom. The molecule has 0 aromatic heterocycles. The second-order valence-electron chi connectivity index (χ2n) is 2.65. The van der Waals surface area contributed by atoms with Crippen molar-refractivity contribution in [3.8, 4) is 0 Å². The standard InChI is InChI=1S/C8H8BrNO2/c1-5-3-7(9)4-6(2)8(5)10(11)12/h3-4H,1-2H3. The molecule has 0 heterocycles. The molecular formula is C8H8BrNO2. The number of hydrogen-bond acceptors (Lipinski definition) is 2. The fourth-order valence-electron chi connectivity index (χ4n) is 1.19. The van der Waals surface area contributed by atoms with Crippen molar-refractivity contribution in [3.63, 3.8) is 0 Å². The van der Waals surface area contributed by atoms with Crippen molar-refractivity contribution < 1.29 is 4.92 Å². The molecule has 1 aromatic rings. The van der Waals surface area contributed by atoms with E-state index in [-0.39, 0.29) is 10.6 Å². The first-order valence-corrected chi connectivity index (χ1v) is 4.23. The lowest BCUT2D eigenvalue weighted by atomic mass is 10.1. The van der Waals surface area contributed by atoms with E-state index < -0.39 is 0 Å². The molecule has 0 N–H and O–H groups in total. The molecule has 12 heavy (non-hydrogen) atoms. The summed E-state index contributed by atoms with van der Waals surface area (Å²) >= 11 is 3.27. The van der Waals surface area contributed by atoms with Gasteiger partial charge in [0, 0.05) is 15.6 Å². The Balaban J connectivity index is 3.38. The molecule has 3 nitrogen and oxygen atoms in total. The highest BCUT2D eigenvalue weighted by atomic mass is 79.9. The molecule has 0 saturated heterocycles. The lowest BCUT2D eigenvalue weighted by molar-refractivity contribution is -0.386. The lowest BCUT2D eigenvalue weighted by Gasteiger charge is -2.01. The van der Waals surface area contributed by atoms with Crippen LogP contribution in [0.3, 0.4) is 0 Å². The summed E-state index contributed by atoms with van der Waals surface area (Å²) in [5, 5.41) is 10.5. The van der Waals surface area contributed by atoms with Gasteiger partial charge in [0.1, 0.15) is 0 Å². The van der Waals surface area contributed by atoms with Gasteiger partial charge in [0.15, 0.2) is 0 Å². The van der Waals surface area contributed by atoms with E-state index in [1.165, 1.54) is 0 Å². The topological polar surface area (TPSA) is 43.1 Å². The molecule has 0 radical (unpaired) electrons. The predicted molar refractivity (Wildman–Crippen MR) is 50.3 cm³/mol. The highest BCUT2D eigenvalue weighted by Gasteiger charge is 2.14. The van der Waals surface area contributed by atoms with Crippen LogP contribution in [0.15, 0.2) is 16.6 Å². The molecule has 0 aliphatic carbocycles. The zero-order valence-electron chi connectivity index (χ0n) is 6.80. The SMILES string of the molecule is Cc1cc(Br)cc(C)c1[N+](=O)[O-]. The Bertz CT molecular complexity index is 313. The van der Waals surface area contributed by atoms with Gasteiger partial charge in [-0.2, -0.15) is 0 Å². The van der Waals surface area contributed by atoms with E-state index in [2.05, 4.69) is 15.9 Å². The largest absolute Gasteiger partial charge is 0.275 e. The minimum absolute atomic E-state index is 0.207. The monoisotopic (exact) mass is 229 g/mol. The van der Waals surface area contributed by atoms with Crippen molar-refractivity contribution in [1.82, 2.24) is 0 Å². The number of benzene rings is 1. The summed E-state index contributed by atoms with van der Waals surface area (Å²) in [4.78, 5) is 10.2. The van der Waals surface area contributed by atoms with Crippen LogP contribution in [0.4, 0.5) is 5.69 Å². The van der Waals surface area contributed by atoms with E-state index in [9.17, 15) is 10.1 Å². The molecule has 0 fully saturated rings. The fraction of sp³-hybridized carbons (Fsp3) is 0.250. The van der Waals surface area contributed by atoms with E-state index in [0.717, 1.165) is 4.47 Å². The van der Waals surface area contributed by atoms with Gasteiger partial charge in [0.05, 0.1) is 4.92 Å². The van der Waals surface area contributed by atoms with E-state index in [0.29, 0.717) is 11.1 Å². The third-order valence-electron chi connectivity index (χ3n) is 1.64. The molecule has 1 aromatic carbocycles. The first kappa shape index (κ1) is 9.19. The predicted octanol–water partition coefficient (Wildman–Crippen LogP) is 2.97. The van der Waals surface area contributed by atoms with Crippen LogP contribution in [-0.2, 0) is 0 Å². The molecule has 64 valence electrons. The lowest BCUT2D eigenvalue weighted by Crippen LogP contribution is -1.94. The average Bonchev–Trinajstić information content (AvgIpc) is 1.82. The van der Waals surface area contributed by atoms with Gasteiger partial charge in [0.25, 0.3) is 5.69 Å². The molecule has 0 amide bonds. The van der Waals surface area contributed by atoms with Crippen LogP contribution in [0.25, 0.3) is 0 Å². The highest BCUT2D eigenvalue weighted by Crippen LogP contribution is 2.26. The molecule has 0 unspecified atom stereocenters. The van der Waals surface area contributed by atoms with Gasteiger partial charge in [-0.1, -0.05) is 15.9 Å². The smallest absolute Gasteiger partial charge is 0.258 e. The molecule has 0 aliphatic rings. The van der Waals surface area contributed by atoms with Crippen LogP contribution < -0.4 is 0 Å². The van der Waals surface area contributed by atoms with Crippen molar-refractivity contribution in [2.45, 2.75) is 13.8 Å². The number of hydrogen-bond donors (Lipinski definition) is 0. The third kappa shape index (κ3) is 1.64. The van der Waals surface area contributed by atoms with Crippen LogP contribution in [0.2, 0.25) is 0 Å². The number of halogens is 1. The molecule has 0 saturated carbocycles. The van der Waals surface area contributed by atoms with Gasteiger partial charge < -0.3 is 0 Å². The van der Waals surface area contributed by atoms with Crippen molar-refractivity contribution >= 4 is 21.6 Å². The summed E-state index contributed by atoms with van der Waals surface area (Å²) < 4.78 is 0.878. The molecule has 1 rings (SSSR count). The van der Waals surface area contributed by atoms with Gasteiger partial charge in [-0.05, 0) is 26.0 Å². The minimum atomic E-state index is -0.350. The number of nitro benzene ring substituents is 1.